The third-order valence-electron chi connectivity index (χ3n) is 3.61. The van der Waals surface area contributed by atoms with E-state index in [1.165, 1.54) is 32.1 Å². The number of aliphatic hydroxyl groups excluding tert-OH is 2. The first-order valence-electron chi connectivity index (χ1n) is 8.73. The second-order valence-corrected chi connectivity index (χ2v) is 5.76. The first-order chi connectivity index (χ1) is 10.7. The second-order valence-electron chi connectivity index (χ2n) is 5.76. The summed E-state index contributed by atoms with van der Waals surface area (Å²) in [6, 6.07) is 0. The highest BCUT2D eigenvalue weighted by Crippen LogP contribution is 2.12. The van der Waals surface area contributed by atoms with Crippen LogP contribution in [-0.2, 0) is 0 Å². The van der Waals surface area contributed by atoms with Gasteiger partial charge in [-0.1, -0.05) is 76.3 Å². The topological polar surface area (TPSA) is 40.5 Å². The molecule has 126 valence electrons. The van der Waals surface area contributed by atoms with Gasteiger partial charge in [0, 0.05) is 0 Å². The molecule has 1 atom stereocenters. The quantitative estimate of drug-likeness (QED) is 0.234. The summed E-state index contributed by atoms with van der Waals surface area (Å²) in [6.45, 7) is 5.74. The second kappa shape index (κ2) is 16.1. The van der Waals surface area contributed by atoms with Crippen molar-refractivity contribution < 1.29 is 10.2 Å². The van der Waals surface area contributed by atoms with Crippen molar-refractivity contribution in [2.75, 3.05) is 0 Å². The van der Waals surface area contributed by atoms with Gasteiger partial charge in [-0.15, -0.1) is 0 Å². The summed E-state index contributed by atoms with van der Waals surface area (Å²) >= 11 is 0. The fourth-order valence-electron chi connectivity index (χ4n) is 2.26. The maximum atomic E-state index is 9.81. The van der Waals surface area contributed by atoms with Crippen molar-refractivity contribution in [3.8, 4) is 0 Å². The predicted molar refractivity (Wildman–Crippen MR) is 97.0 cm³/mol. The maximum absolute atomic E-state index is 9.81. The molecule has 0 amide bonds. The Kier molecular flexibility index (Phi) is 15.2. The minimum Gasteiger partial charge on any atom is -0.508 e. The molecule has 0 saturated carbocycles. The van der Waals surface area contributed by atoms with Gasteiger partial charge in [-0.05, 0) is 37.8 Å². The Labute approximate surface area is 137 Å². The zero-order valence-corrected chi connectivity index (χ0v) is 14.2. The minimum absolute atomic E-state index is 0.0943. The van der Waals surface area contributed by atoms with Gasteiger partial charge < -0.3 is 10.2 Å². The van der Waals surface area contributed by atoms with Gasteiger partial charge in [0.2, 0.25) is 0 Å². The van der Waals surface area contributed by atoms with E-state index in [-0.39, 0.29) is 11.9 Å². The zero-order valence-electron chi connectivity index (χ0n) is 14.2. The van der Waals surface area contributed by atoms with E-state index in [0.717, 1.165) is 32.1 Å². The molecule has 2 heteroatoms. The van der Waals surface area contributed by atoms with Crippen molar-refractivity contribution in [1.82, 2.24) is 0 Å². The fraction of sp³-hybridized carbons (Fsp3) is 0.600. The van der Waals surface area contributed by atoms with Gasteiger partial charge in [-0.25, -0.2) is 0 Å². The van der Waals surface area contributed by atoms with E-state index in [1.54, 1.807) is 24.3 Å². The first-order valence-corrected chi connectivity index (χ1v) is 8.73. The average Bonchev–Trinajstić information content (AvgIpc) is 2.51. The van der Waals surface area contributed by atoms with Crippen LogP contribution in [-0.4, -0.2) is 16.3 Å². The average molecular weight is 306 g/mol. The monoisotopic (exact) mass is 306 g/mol. The molecule has 0 saturated heterocycles. The Morgan fingerprint density at radius 3 is 2.36 bits per heavy atom. The molecule has 0 bridgehead atoms. The van der Waals surface area contributed by atoms with Crippen LogP contribution in [0, 0.1) is 0 Å². The summed E-state index contributed by atoms with van der Waals surface area (Å²) < 4.78 is 0. The lowest BCUT2D eigenvalue weighted by atomic mass is 10.0. The van der Waals surface area contributed by atoms with Gasteiger partial charge >= 0.3 is 0 Å². The van der Waals surface area contributed by atoms with Crippen molar-refractivity contribution in [3.05, 3.63) is 48.8 Å². The number of unbranched alkanes of at least 4 members (excludes halogenated alkanes) is 6. The van der Waals surface area contributed by atoms with E-state index in [0.29, 0.717) is 0 Å². The lowest BCUT2D eigenvalue weighted by molar-refractivity contribution is 0.147. The molecule has 0 aromatic carbocycles. The van der Waals surface area contributed by atoms with Crippen LogP contribution in [0.15, 0.2) is 48.8 Å². The van der Waals surface area contributed by atoms with Crippen LogP contribution in [0.25, 0.3) is 0 Å². The first kappa shape index (κ1) is 20.7. The van der Waals surface area contributed by atoms with E-state index in [1.807, 2.05) is 6.08 Å². The minimum atomic E-state index is -0.0943. The number of hydrogen-bond acceptors (Lipinski definition) is 2. The number of allylic oxidation sites excluding steroid dienone is 6. The molecular weight excluding hydrogens is 272 g/mol. The van der Waals surface area contributed by atoms with Crippen molar-refractivity contribution >= 4 is 0 Å². The number of hydrogen-bond donors (Lipinski definition) is 2. The standard InChI is InChI=1S/C20H34O2/c1-3-5-12-16-20(22)18-14-11-9-7-8-10-13-17-19(21)15-6-4-2/h4,6,10,13,15,17,20-22H,2-3,5,7-9,11-12,14,16,18H2,1H3. The smallest absolute Gasteiger partial charge is 0.115 e. The molecule has 0 aromatic rings. The van der Waals surface area contributed by atoms with Gasteiger partial charge in [0.25, 0.3) is 0 Å². The third-order valence-corrected chi connectivity index (χ3v) is 3.61. The molecule has 0 aromatic heterocycles. The Morgan fingerprint density at radius 1 is 1.00 bits per heavy atom. The van der Waals surface area contributed by atoms with E-state index < -0.39 is 0 Å². The summed E-state index contributed by atoms with van der Waals surface area (Å²) in [5, 5.41) is 19.2. The lowest BCUT2D eigenvalue weighted by Gasteiger charge is -2.09. The van der Waals surface area contributed by atoms with Gasteiger partial charge in [-0.3, -0.25) is 0 Å². The zero-order chi connectivity index (χ0) is 16.5. The van der Waals surface area contributed by atoms with Crippen molar-refractivity contribution in [2.45, 2.75) is 77.2 Å². The van der Waals surface area contributed by atoms with Crippen LogP contribution in [0.1, 0.15) is 71.1 Å². The SMILES string of the molecule is C=CC=CC(O)=CC=CCCCCCCC(O)CCCCC. The summed E-state index contributed by atoms with van der Waals surface area (Å²) in [5.74, 6) is 0.244. The van der Waals surface area contributed by atoms with Crippen LogP contribution in [0.5, 0.6) is 0 Å². The maximum Gasteiger partial charge on any atom is 0.115 e. The summed E-state index contributed by atoms with van der Waals surface area (Å²) in [5.41, 5.74) is 0. The third kappa shape index (κ3) is 15.1. The summed E-state index contributed by atoms with van der Waals surface area (Å²) in [4.78, 5) is 0. The number of rotatable bonds is 14. The molecular formula is C20H34O2. The molecule has 2 nitrogen and oxygen atoms in total. The molecule has 0 rings (SSSR count). The van der Waals surface area contributed by atoms with E-state index in [2.05, 4.69) is 19.6 Å². The van der Waals surface area contributed by atoms with Crippen LogP contribution < -0.4 is 0 Å². The van der Waals surface area contributed by atoms with Crippen LogP contribution in [0.2, 0.25) is 0 Å². The number of aliphatic hydroxyl groups is 2. The van der Waals surface area contributed by atoms with Crippen LogP contribution in [0.4, 0.5) is 0 Å². The molecule has 2 N–H and O–H groups in total. The highest BCUT2D eigenvalue weighted by molar-refractivity contribution is 5.19. The van der Waals surface area contributed by atoms with E-state index in [9.17, 15) is 10.2 Å². The predicted octanol–water partition coefficient (Wildman–Crippen LogP) is 6.01. The molecule has 0 aliphatic heterocycles. The lowest BCUT2D eigenvalue weighted by Crippen LogP contribution is -2.05. The molecule has 22 heavy (non-hydrogen) atoms. The van der Waals surface area contributed by atoms with Crippen LogP contribution in [0.3, 0.4) is 0 Å². The van der Waals surface area contributed by atoms with Crippen molar-refractivity contribution in [3.63, 3.8) is 0 Å². The highest BCUT2D eigenvalue weighted by Gasteiger charge is 2.02. The van der Waals surface area contributed by atoms with E-state index >= 15 is 0 Å². The molecule has 0 aliphatic carbocycles. The Hall–Kier alpha value is -1.28. The highest BCUT2D eigenvalue weighted by atomic mass is 16.3. The van der Waals surface area contributed by atoms with Gasteiger partial charge in [0.05, 0.1) is 6.10 Å². The Morgan fingerprint density at radius 2 is 1.68 bits per heavy atom. The summed E-state index contributed by atoms with van der Waals surface area (Å²) in [7, 11) is 0. The van der Waals surface area contributed by atoms with Gasteiger partial charge in [-0.2, -0.15) is 0 Å². The Balaban J connectivity index is 3.46. The van der Waals surface area contributed by atoms with E-state index in [4.69, 9.17) is 0 Å². The largest absolute Gasteiger partial charge is 0.508 e. The summed E-state index contributed by atoms with van der Waals surface area (Å²) in [6.07, 6.45) is 21.8. The van der Waals surface area contributed by atoms with Crippen LogP contribution >= 0.6 is 0 Å². The molecule has 0 spiro atoms. The molecule has 0 fully saturated rings. The van der Waals surface area contributed by atoms with Gasteiger partial charge in [0.15, 0.2) is 0 Å². The molecule has 0 aliphatic rings. The normalized spacial score (nSPS) is 14.0. The molecule has 0 heterocycles. The Bertz CT molecular complexity index is 340. The fourth-order valence-corrected chi connectivity index (χ4v) is 2.26. The molecule has 0 radical (unpaired) electrons. The van der Waals surface area contributed by atoms with Crippen molar-refractivity contribution in [2.24, 2.45) is 0 Å². The van der Waals surface area contributed by atoms with Gasteiger partial charge in [0.1, 0.15) is 5.76 Å². The van der Waals surface area contributed by atoms with Crippen molar-refractivity contribution in [1.29, 1.82) is 0 Å². The molecule has 1 unspecified atom stereocenters.